The molecule has 0 saturated carbocycles. The van der Waals surface area contributed by atoms with Crippen LogP contribution >= 0.6 is 0 Å². The van der Waals surface area contributed by atoms with E-state index in [1.54, 1.807) is 13.8 Å². The third kappa shape index (κ3) is 1.76. The molecule has 5 nitrogen and oxygen atoms in total. The Morgan fingerprint density at radius 2 is 1.71 bits per heavy atom. The van der Waals surface area contributed by atoms with Gasteiger partial charge in [0.2, 0.25) is 17.7 Å². The molecule has 0 spiro atoms. The number of hydrogen-bond donors (Lipinski definition) is 1. The first-order chi connectivity index (χ1) is 6.45. The molecule has 3 amide bonds. The minimum atomic E-state index is -0.502. The summed E-state index contributed by atoms with van der Waals surface area (Å²) in [5.41, 5.74) is 4.94. The standard InChI is InChI=1S/C9H14N2O3/c1-5-6(2)9(14)11(8(5)13)4-3-7(10)12/h5-6H,3-4H2,1-2H3,(H2,10,12). The highest BCUT2D eigenvalue weighted by atomic mass is 16.2. The van der Waals surface area contributed by atoms with Gasteiger partial charge in [0.15, 0.2) is 0 Å². The van der Waals surface area contributed by atoms with Gasteiger partial charge in [0.1, 0.15) is 0 Å². The van der Waals surface area contributed by atoms with E-state index in [1.807, 2.05) is 0 Å². The lowest BCUT2D eigenvalue weighted by Crippen LogP contribution is -2.33. The molecule has 5 heteroatoms. The first-order valence-electron chi connectivity index (χ1n) is 4.58. The van der Waals surface area contributed by atoms with Gasteiger partial charge in [0.25, 0.3) is 0 Å². The van der Waals surface area contributed by atoms with Crippen LogP contribution in [0.5, 0.6) is 0 Å². The van der Waals surface area contributed by atoms with Crippen LogP contribution in [0.2, 0.25) is 0 Å². The van der Waals surface area contributed by atoms with E-state index in [1.165, 1.54) is 0 Å². The van der Waals surface area contributed by atoms with Crippen molar-refractivity contribution in [2.24, 2.45) is 17.6 Å². The summed E-state index contributed by atoms with van der Waals surface area (Å²) in [5, 5.41) is 0. The van der Waals surface area contributed by atoms with E-state index >= 15 is 0 Å². The maximum Gasteiger partial charge on any atom is 0.232 e. The fourth-order valence-electron chi connectivity index (χ4n) is 1.47. The Morgan fingerprint density at radius 3 is 2.07 bits per heavy atom. The molecule has 2 N–H and O–H groups in total. The summed E-state index contributed by atoms with van der Waals surface area (Å²) in [6.45, 7) is 3.55. The number of nitrogens with two attached hydrogens (primary N) is 1. The summed E-state index contributed by atoms with van der Waals surface area (Å²) in [4.78, 5) is 34.6. The van der Waals surface area contributed by atoms with Crippen molar-refractivity contribution >= 4 is 17.7 Å². The fourth-order valence-corrected chi connectivity index (χ4v) is 1.47. The largest absolute Gasteiger partial charge is 0.370 e. The topological polar surface area (TPSA) is 80.5 Å². The van der Waals surface area contributed by atoms with Crippen molar-refractivity contribution in [1.82, 2.24) is 4.90 Å². The van der Waals surface area contributed by atoms with E-state index in [0.717, 1.165) is 4.90 Å². The molecule has 1 rings (SSSR count). The molecule has 0 aromatic rings. The monoisotopic (exact) mass is 198 g/mol. The van der Waals surface area contributed by atoms with E-state index in [9.17, 15) is 14.4 Å². The van der Waals surface area contributed by atoms with Gasteiger partial charge < -0.3 is 5.73 Å². The second-order valence-corrected chi connectivity index (χ2v) is 3.62. The number of amides is 3. The second-order valence-electron chi connectivity index (χ2n) is 3.62. The maximum absolute atomic E-state index is 11.5. The Labute approximate surface area is 82.2 Å². The zero-order valence-corrected chi connectivity index (χ0v) is 8.32. The molecule has 1 aliphatic rings. The Kier molecular flexibility index (Phi) is 2.88. The highest BCUT2D eigenvalue weighted by Crippen LogP contribution is 2.25. The van der Waals surface area contributed by atoms with E-state index in [-0.39, 0.29) is 36.6 Å². The van der Waals surface area contributed by atoms with Crippen molar-refractivity contribution in [3.05, 3.63) is 0 Å². The third-order valence-electron chi connectivity index (χ3n) is 2.64. The molecule has 0 bridgehead atoms. The van der Waals surface area contributed by atoms with Crippen LogP contribution in [0.3, 0.4) is 0 Å². The van der Waals surface area contributed by atoms with Crippen LogP contribution < -0.4 is 5.73 Å². The molecular weight excluding hydrogens is 184 g/mol. The average Bonchev–Trinajstić information content (AvgIpc) is 2.29. The first-order valence-corrected chi connectivity index (χ1v) is 4.58. The summed E-state index contributed by atoms with van der Waals surface area (Å²) in [6.07, 6.45) is 0.0386. The molecular formula is C9H14N2O3. The smallest absolute Gasteiger partial charge is 0.232 e. The lowest BCUT2D eigenvalue weighted by molar-refractivity contribution is -0.140. The Hall–Kier alpha value is -1.39. The average molecular weight is 198 g/mol. The van der Waals surface area contributed by atoms with Crippen LogP contribution in [0.25, 0.3) is 0 Å². The number of hydrogen-bond acceptors (Lipinski definition) is 3. The van der Waals surface area contributed by atoms with Gasteiger partial charge in [-0.3, -0.25) is 19.3 Å². The van der Waals surface area contributed by atoms with Gasteiger partial charge in [-0.25, -0.2) is 0 Å². The lowest BCUT2D eigenvalue weighted by atomic mass is 10.00. The molecule has 0 aromatic carbocycles. The number of carbonyl (C=O) groups is 3. The Bertz CT molecular complexity index is 268. The van der Waals surface area contributed by atoms with Gasteiger partial charge in [0.05, 0.1) is 0 Å². The zero-order chi connectivity index (χ0) is 10.9. The fraction of sp³-hybridized carbons (Fsp3) is 0.667. The zero-order valence-electron chi connectivity index (χ0n) is 8.32. The number of primary amides is 1. The normalized spacial score (nSPS) is 27.1. The minimum absolute atomic E-state index is 0.0386. The molecule has 2 atom stereocenters. The quantitative estimate of drug-likeness (QED) is 0.621. The van der Waals surface area contributed by atoms with Crippen molar-refractivity contribution in [1.29, 1.82) is 0 Å². The summed E-state index contributed by atoms with van der Waals surface area (Å²) in [5.74, 6) is -1.48. The van der Waals surface area contributed by atoms with E-state index < -0.39 is 5.91 Å². The van der Waals surface area contributed by atoms with E-state index in [2.05, 4.69) is 0 Å². The number of imide groups is 1. The van der Waals surface area contributed by atoms with Gasteiger partial charge in [0, 0.05) is 24.8 Å². The van der Waals surface area contributed by atoms with Gasteiger partial charge in [-0.1, -0.05) is 13.8 Å². The Balaban J connectivity index is 2.66. The number of nitrogens with zero attached hydrogens (tertiary/aromatic N) is 1. The molecule has 0 aliphatic carbocycles. The first kappa shape index (κ1) is 10.7. The van der Waals surface area contributed by atoms with Crippen molar-refractivity contribution < 1.29 is 14.4 Å². The van der Waals surface area contributed by atoms with Crippen LogP contribution in [-0.4, -0.2) is 29.2 Å². The van der Waals surface area contributed by atoms with Crippen LogP contribution in [0.1, 0.15) is 20.3 Å². The van der Waals surface area contributed by atoms with Crippen LogP contribution in [0, 0.1) is 11.8 Å². The molecule has 2 unspecified atom stereocenters. The van der Waals surface area contributed by atoms with Crippen LogP contribution in [-0.2, 0) is 14.4 Å². The van der Waals surface area contributed by atoms with Crippen molar-refractivity contribution in [3.63, 3.8) is 0 Å². The summed E-state index contributed by atoms with van der Waals surface area (Å²) < 4.78 is 0. The molecule has 1 heterocycles. The predicted octanol–water partition coefficient (Wildman–Crippen LogP) is -0.497. The van der Waals surface area contributed by atoms with Gasteiger partial charge >= 0.3 is 0 Å². The molecule has 1 aliphatic heterocycles. The van der Waals surface area contributed by atoms with Crippen LogP contribution in [0.4, 0.5) is 0 Å². The van der Waals surface area contributed by atoms with Gasteiger partial charge in [-0.2, -0.15) is 0 Å². The molecule has 0 radical (unpaired) electrons. The Morgan fingerprint density at radius 1 is 1.29 bits per heavy atom. The summed E-state index contributed by atoms with van der Waals surface area (Å²) in [7, 11) is 0. The van der Waals surface area contributed by atoms with Crippen molar-refractivity contribution in [3.8, 4) is 0 Å². The minimum Gasteiger partial charge on any atom is -0.370 e. The molecule has 1 saturated heterocycles. The lowest BCUT2D eigenvalue weighted by Gasteiger charge is -2.12. The summed E-state index contributed by atoms with van der Waals surface area (Å²) >= 11 is 0. The number of rotatable bonds is 3. The van der Waals surface area contributed by atoms with Crippen LogP contribution in [0.15, 0.2) is 0 Å². The van der Waals surface area contributed by atoms with Gasteiger partial charge in [-0.15, -0.1) is 0 Å². The van der Waals surface area contributed by atoms with Gasteiger partial charge in [-0.05, 0) is 0 Å². The molecule has 1 fully saturated rings. The maximum atomic E-state index is 11.5. The predicted molar refractivity (Wildman–Crippen MR) is 48.9 cm³/mol. The van der Waals surface area contributed by atoms with E-state index in [4.69, 9.17) is 5.73 Å². The SMILES string of the molecule is CC1C(=O)N(CCC(N)=O)C(=O)C1C. The summed E-state index contributed by atoms with van der Waals surface area (Å²) in [6, 6.07) is 0. The number of carbonyl (C=O) groups excluding carboxylic acids is 3. The molecule has 78 valence electrons. The highest BCUT2D eigenvalue weighted by Gasteiger charge is 2.41. The molecule has 0 aromatic heterocycles. The van der Waals surface area contributed by atoms with Crippen molar-refractivity contribution in [2.45, 2.75) is 20.3 Å². The number of likely N-dealkylation sites (tertiary alicyclic amines) is 1. The third-order valence-corrected chi connectivity index (χ3v) is 2.64. The van der Waals surface area contributed by atoms with E-state index in [0.29, 0.717) is 0 Å². The highest BCUT2D eigenvalue weighted by molar-refractivity contribution is 6.04. The second kappa shape index (κ2) is 3.77. The van der Waals surface area contributed by atoms with Crippen molar-refractivity contribution in [2.75, 3.05) is 6.54 Å². The molecule has 14 heavy (non-hydrogen) atoms.